The molecular weight excluding hydrogens is 386 g/mol. The van der Waals surface area contributed by atoms with E-state index in [0.29, 0.717) is 11.1 Å². The highest BCUT2D eigenvalue weighted by Gasteiger charge is 2.15. The second kappa shape index (κ2) is 7.06. The van der Waals surface area contributed by atoms with Crippen LogP contribution < -0.4 is 4.74 Å². The summed E-state index contributed by atoms with van der Waals surface area (Å²) in [5.74, 6) is 0.00201. The van der Waals surface area contributed by atoms with Gasteiger partial charge in [-0.2, -0.15) is 0 Å². The Morgan fingerprint density at radius 1 is 1.24 bits per heavy atom. The quantitative estimate of drug-likeness (QED) is 0.646. The molecule has 0 bridgehead atoms. The van der Waals surface area contributed by atoms with Crippen molar-refractivity contribution in [3.8, 4) is 11.6 Å². The number of aromatic nitrogens is 1. The number of hydrogen-bond donors (Lipinski definition) is 1. The normalized spacial score (nSPS) is 11.3. The molecule has 0 aliphatic rings. The molecule has 1 heterocycles. The lowest BCUT2D eigenvalue weighted by Crippen LogP contribution is -2.07. The molecule has 2 aromatic carbocycles. The number of fused-ring (bicyclic) bond motifs is 1. The molecule has 0 aliphatic carbocycles. The van der Waals surface area contributed by atoms with Crippen LogP contribution in [-0.4, -0.2) is 22.2 Å². The van der Waals surface area contributed by atoms with Crippen LogP contribution >= 0.6 is 15.9 Å². The first-order valence-corrected chi connectivity index (χ1v) is 8.36. The van der Waals surface area contributed by atoms with Crippen molar-refractivity contribution in [2.75, 3.05) is 6.61 Å². The van der Waals surface area contributed by atoms with E-state index < -0.39 is 5.91 Å². The average Bonchev–Trinajstić information content (AvgIpc) is 2.83. The van der Waals surface area contributed by atoms with Crippen LogP contribution in [0.1, 0.15) is 5.56 Å². The molecule has 0 fully saturated rings. The van der Waals surface area contributed by atoms with E-state index in [9.17, 15) is 9.90 Å². The second-order valence-corrected chi connectivity index (χ2v) is 6.50. The highest BCUT2D eigenvalue weighted by molar-refractivity contribution is 9.10. The van der Waals surface area contributed by atoms with Crippen molar-refractivity contribution in [2.45, 2.75) is 6.92 Å². The molecule has 128 valence electrons. The summed E-state index contributed by atoms with van der Waals surface area (Å²) < 4.78 is 7.81. The van der Waals surface area contributed by atoms with Crippen LogP contribution in [0.2, 0.25) is 0 Å². The topological polar surface area (TPSA) is 76.2 Å². The van der Waals surface area contributed by atoms with E-state index in [1.54, 1.807) is 23.7 Å². The molecule has 0 unspecified atom stereocenters. The van der Waals surface area contributed by atoms with Gasteiger partial charge in [0.15, 0.2) is 12.3 Å². The fourth-order valence-corrected chi connectivity index (χ4v) is 2.76. The smallest absolute Gasteiger partial charge is 0.302 e. The maximum Gasteiger partial charge on any atom is 0.302 e. The van der Waals surface area contributed by atoms with E-state index in [1.165, 1.54) is 0 Å². The van der Waals surface area contributed by atoms with Gasteiger partial charge < -0.3 is 14.4 Å². The van der Waals surface area contributed by atoms with Crippen LogP contribution in [-0.2, 0) is 11.8 Å². The minimum atomic E-state index is -0.535. The zero-order valence-corrected chi connectivity index (χ0v) is 15.3. The number of rotatable bonds is 4. The first-order valence-electron chi connectivity index (χ1n) is 7.56. The van der Waals surface area contributed by atoms with Gasteiger partial charge in [0.05, 0.1) is 5.52 Å². The van der Waals surface area contributed by atoms with Gasteiger partial charge in [0, 0.05) is 16.9 Å². The lowest BCUT2D eigenvalue weighted by atomic mass is 10.2. The van der Waals surface area contributed by atoms with Crippen molar-refractivity contribution >= 4 is 38.4 Å². The molecule has 3 aromatic rings. The Hall–Kier alpha value is -2.67. The Labute approximate surface area is 152 Å². The van der Waals surface area contributed by atoms with E-state index in [2.05, 4.69) is 26.2 Å². The van der Waals surface area contributed by atoms with E-state index in [1.807, 2.05) is 37.3 Å². The number of azo groups is 1. The summed E-state index contributed by atoms with van der Waals surface area (Å²) in [4.78, 5) is 11.9. The molecule has 0 saturated carbocycles. The van der Waals surface area contributed by atoms with Crippen molar-refractivity contribution < 1.29 is 14.6 Å². The summed E-state index contributed by atoms with van der Waals surface area (Å²) in [6.07, 6.45) is 0. The van der Waals surface area contributed by atoms with Gasteiger partial charge in [-0.25, -0.2) is 0 Å². The minimum absolute atomic E-state index is 0.0518. The Balaban J connectivity index is 1.76. The molecule has 6 nitrogen and oxygen atoms in total. The number of ether oxygens (including phenoxy) is 1. The molecule has 1 N–H and O–H groups in total. The monoisotopic (exact) mass is 401 g/mol. The lowest BCUT2D eigenvalue weighted by molar-refractivity contribution is -0.120. The molecule has 0 spiro atoms. The minimum Gasteiger partial charge on any atom is -0.493 e. The summed E-state index contributed by atoms with van der Waals surface area (Å²) in [6.45, 7) is 1.75. The van der Waals surface area contributed by atoms with Crippen molar-refractivity contribution in [1.29, 1.82) is 0 Å². The number of carbonyl (C=O) groups excluding carboxylic acids is 1. The lowest BCUT2D eigenvalue weighted by Gasteiger charge is -2.02. The molecule has 0 atom stereocenters. The van der Waals surface area contributed by atoms with E-state index in [-0.39, 0.29) is 18.2 Å². The van der Waals surface area contributed by atoms with Gasteiger partial charge in [0.2, 0.25) is 5.88 Å². The van der Waals surface area contributed by atoms with Crippen LogP contribution in [0.3, 0.4) is 0 Å². The number of amides is 1. The molecule has 0 radical (unpaired) electrons. The Kier molecular flexibility index (Phi) is 4.85. The molecule has 1 amide bonds. The van der Waals surface area contributed by atoms with Gasteiger partial charge in [-0.3, -0.25) is 4.79 Å². The first kappa shape index (κ1) is 17.2. The average molecular weight is 402 g/mol. The number of halogens is 1. The summed E-state index contributed by atoms with van der Waals surface area (Å²) in [5, 5.41) is 18.5. The maximum absolute atomic E-state index is 11.9. The third-order valence-corrected chi connectivity index (χ3v) is 4.24. The van der Waals surface area contributed by atoms with Crippen LogP contribution in [0, 0.1) is 6.92 Å². The predicted octanol–water partition coefficient (Wildman–Crippen LogP) is 4.64. The van der Waals surface area contributed by atoms with Crippen molar-refractivity contribution in [1.82, 2.24) is 4.57 Å². The van der Waals surface area contributed by atoms with Crippen molar-refractivity contribution in [3.05, 3.63) is 52.5 Å². The van der Waals surface area contributed by atoms with E-state index in [4.69, 9.17) is 4.74 Å². The molecule has 0 aliphatic heterocycles. The number of aryl methyl sites for hydroxylation is 2. The van der Waals surface area contributed by atoms with E-state index >= 15 is 0 Å². The van der Waals surface area contributed by atoms with Gasteiger partial charge in [-0.1, -0.05) is 33.6 Å². The third kappa shape index (κ3) is 3.71. The third-order valence-electron chi connectivity index (χ3n) is 3.75. The number of nitrogens with zero attached hydrogens (tertiary/aromatic N) is 3. The molecule has 25 heavy (non-hydrogen) atoms. The van der Waals surface area contributed by atoms with Gasteiger partial charge >= 0.3 is 5.91 Å². The standard InChI is InChI=1S/C18H16BrN3O3/c1-11-3-6-13(7-4-11)25-10-16(23)20-21-17-14-9-12(19)5-8-15(14)22(2)18(17)24/h3-9,24H,10H2,1-2H3. The van der Waals surface area contributed by atoms with Crippen molar-refractivity contribution in [3.63, 3.8) is 0 Å². The fourth-order valence-electron chi connectivity index (χ4n) is 2.40. The maximum atomic E-state index is 11.9. The van der Waals surface area contributed by atoms with Gasteiger partial charge in [-0.15, -0.1) is 10.2 Å². The summed E-state index contributed by atoms with van der Waals surface area (Å²) >= 11 is 3.39. The summed E-state index contributed by atoms with van der Waals surface area (Å²) in [6, 6.07) is 12.9. The van der Waals surface area contributed by atoms with Crippen LogP contribution in [0.5, 0.6) is 11.6 Å². The van der Waals surface area contributed by atoms with Gasteiger partial charge in [0.25, 0.3) is 0 Å². The van der Waals surface area contributed by atoms with E-state index in [0.717, 1.165) is 15.6 Å². The summed E-state index contributed by atoms with van der Waals surface area (Å²) in [7, 11) is 1.72. The summed E-state index contributed by atoms with van der Waals surface area (Å²) in [5.41, 5.74) is 2.15. The zero-order chi connectivity index (χ0) is 18.0. The number of aromatic hydroxyl groups is 1. The number of hydrogen-bond acceptors (Lipinski definition) is 4. The molecular formula is C18H16BrN3O3. The second-order valence-electron chi connectivity index (χ2n) is 5.59. The van der Waals surface area contributed by atoms with Crippen LogP contribution in [0.4, 0.5) is 5.69 Å². The zero-order valence-electron chi connectivity index (χ0n) is 13.7. The SMILES string of the molecule is Cc1ccc(OCC(=O)N=Nc2c(O)n(C)c3ccc(Br)cc23)cc1. The highest BCUT2D eigenvalue weighted by atomic mass is 79.9. The van der Waals surface area contributed by atoms with Gasteiger partial charge in [0.1, 0.15) is 5.75 Å². The van der Waals surface area contributed by atoms with Crippen LogP contribution in [0.25, 0.3) is 10.9 Å². The highest BCUT2D eigenvalue weighted by Crippen LogP contribution is 2.39. The largest absolute Gasteiger partial charge is 0.493 e. The molecule has 0 saturated heterocycles. The van der Waals surface area contributed by atoms with Gasteiger partial charge in [-0.05, 0) is 37.3 Å². The molecule has 3 rings (SSSR count). The Bertz CT molecular complexity index is 962. The molecule has 7 heteroatoms. The number of benzene rings is 2. The first-order chi connectivity index (χ1) is 12.0. The predicted molar refractivity (Wildman–Crippen MR) is 98.5 cm³/mol. The fraction of sp³-hybridized carbons (Fsp3) is 0.167. The van der Waals surface area contributed by atoms with Crippen LogP contribution in [0.15, 0.2) is 57.2 Å². The van der Waals surface area contributed by atoms with Crippen molar-refractivity contribution in [2.24, 2.45) is 17.3 Å². The molecule has 1 aromatic heterocycles. The number of carbonyl (C=O) groups is 1. The Morgan fingerprint density at radius 3 is 2.68 bits per heavy atom. The Morgan fingerprint density at radius 2 is 1.96 bits per heavy atom.